The molecule has 0 aromatic heterocycles. The third-order valence-corrected chi connectivity index (χ3v) is 6.40. The number of fused-ring (bicyclic) bond motifs is 1. The standard InChI is InChI=1S/C22H32F2O2/c1-3-4-5-12-26-18-9-8-15-13-17(7-6-16(15)14-18)19-10-11-20(25-2)22(24)21(19)23/h10-11,15-18H,3-9,12-14H2,1-2H3. The van der Waals surface area contributed by atoms with Crippen LogP contribution < -0.4 is 4.74 Å². The van der Waals surface area contributed by atoms with Crippen LogP contribution in [0.3, 0.4) is 0 Å². The summed E-state index contributed by atoms with van der Waals surface area (Å²) >= 11 is 0. The van der Waals surface area contributed by atoms with Crippen LogP contribution in [0.5, 0.6) is 5.75 Å². The SMILES string of the molecule is CCCCCOC1CCC2CC(c3ccc(OC)c(F)c3F)CCC2C1. The van der Waals surface area contributed by atoms with Gasteiger partial charge in [0, 0.05) is 6.61 Å². The molecule has 4 atom stereocenters. The first-order valence-electron chi connectivity index (χ1n) is 10.3. The molecule has 0 bridgehead atoms. The largest absolute Gasteiger partial charge is 0.494 e. The van der Waals surface area contributed by atoms with Crippen molar-refractivity contribution in [2.75, 3.05) is 13.7 Å². The number of ether oxygens (including phenoxy) is 2. The summed E-state index contributed by atoms with van der Waals surface area (Å²) in [5, 5.41) is 0. The van der Waals surface area contributed by atoms with Crippen LogP contribution in [0.25, 0.3) is 0 Å². The maximum absolute atomic E-state index is 14.4. The van der Waals surface area contributed by atoms with E-state index in [9.17, 15) is 8.78 Å². The second-order valence-electron chi connectivity index (χ2n) is 8.03. The van der Waals surface area contributed by atoms with E-state index in [0.717, 1.165) is 51.6 Å². The predicted octanol–water partition coefficient (Wildman–Crippen LogP) is 6.23. The monoisotopic (exact) mass is 366 g/mol. The lowest BCUT2D eigenvalue weighted by Crippen LogP contribution is -2.34. The van der Waals surface area contributed by atoms with E-state index in [-0.39, 0.29) is 11.7 Å². The molecule has 3 rings (SSSR count). The van der Waals surface area contributed by atoms with Crippen molar-refractivity contribution in [1.82, 2.24) is 0 Å². The van der Waals surface area contributed by atoms with E-state index in [4.69, 9.17) is 9.47 Å². The summed E-state index contributed by atoms with van der Waals surface area (Å²) in [4.78, 5) is 0. The van der Waals surface area contributed by atoms with E-state index in [2.05, 4.69) is 6.92 Å². The zero-order chi connectivity index (χ0) is 18.5. The Bertz CT molecular complexity index is 590. The lowest BCUT2D eigenvalue weighted by atomic mass is 9.65. The second-order valence-corrected chi connectivity index (χ2v) is 8.03. The van der Waals surface area contributed by atoms with Gasteiger partial charge in [-0.2, -0.15) is 4.39 Å². The summed E-state index contributed by atoms with van der Waals surface area (Å²) in [6, 6.07) is 3.27. The Kier molecular flexibility index (Phi) is 6.91. The maximum Gasteiger partial charge on any atom is 0.200 e. The van der Waals surface area contributed by atoms with Gasteiger partial charge in [0.05, 0.1) is 13.2 Å². The van der Waals surface area contributed by atoms with E-state index in [1.54, 1.807) is 12.1 Å². The molecule has 26 heavy (non-hydrogen) atoms. The molecule has 4 heteroatoms. The lowest BCUT2D eigenvalue weighted by Gasteiger charge is -2.42. The lowest BCUT2D eigenvalue weighted by molar-refractivity contribution is -0.0164. The Morgan fingerprint density at radius 2 is 1.73 bits per heavy atom. The molecule has 4 unspecified atom stereocenters. The van der Waals surface area contributed by atoms with Gasteiger partial charge in [-0.15, -0.1) is 0 Å². The molecule has 0 radical (unpaired) electrons. The summed E-state index contributed by atoms with van der Waals surface area (Å²) in [6.07, 6.45) is 10.4. The topological polar surface area (TPSA) is 18.5 Å². The minimum absolute atomic E-state index is 0.0133. The first-order chi connectivity index (χ1) is 12.6. The van der Waals surface area contributed by atoms with Crippen molar-refractivity contribution >= 4 is 0 Å². The zero-order valence-electron chi connectivity index (χ0n) is 16.1. The molecular formula is C22H32F2O2. The molecule has 0 aliphatic heterocycles. The maximum atomic E-state index is 14.4. The average Bonchev–Trinajstić information content (AvgIpc) is 2.67. The molecule has 146 valence electrons. The van der Waals surface area contributed by atoms with Gasteiger partial charge in [-0.3, -0.25) is 0 Å². The molecule has 1 aromatic rings. The molecule has 2 nitrogen and oxygen atoms in total. The van der Waals surface area contributed by atoms with Gasteiger partial charge in [0.1, 0.15) is 0 Å². The van der Waals surface area contributed by atoms with E-state index < -0.39 is 11.6 Å². The third kappa shape index (κ3) is 4.39. The fourth-order valence-electron chi connectivity index (χ4n) is 4.90. The molecule has 0 N–H and O–H groups in total. The summed E-state index contributed by atoms with van der Waals surface area (Å²) in [7, 11) is 1.37. The number of hydrogen-bond donors (Lipinski definition) is 0. The van der Waals surface area contributed by atoms with Crippen molar-refractivity contribution in [2.45, 2.75) is 76.7 Å². The second kappa shape index (κ2) is 9.16. The van der Waals surface area contributed by atoms with Crippen LogP contribution in [-0.4, -0.2) is 19.8 Å². The van der Waals surface area contributed by atoms with Crippen LogP contribution in [0.2, 0.25) is 0 Å². The minimum Gasteiger partial charge on any atom is -0.494 e. The third-order valence-electron chi connectivity index (χ3n) is 6.40. The minimum atomic E-state index is -0.851. The Morgan fingerprint density at radius 3 is 2.50 bits per heavy atom. The molecule has 2 aliphatic rings. The number of benzene rings is 1. The summed E-state index contributed by atoms with van der Waals surface area (Å²) in [5.74, 6) is -0.160. The van der Waals surface area contributed by atoms with Crippen LogP contribution >= 0.6 is 0 Å². The fourth-order valence-corrected chi connectivity index (χ4v) is 4.90. The first-order valence-corrected chi connectivity index (χ1v) is 10.3. The number of halogens is 2. The van der Waals surface area contributed by atoms with Gasteiger partial charge in [0.2, 0.25) is 5.82 Å². The van der Waals surface area contributed by atoms with Gasteiger partial charge in [0.25, 0.3) is 0 Å². The fraction of sp³-hybridized carbons (Fsp3) is 0.727. The Balaban J connectivity index is 1.56. The quantitative estimate of drug-likeness (QED) is 0.532. The normalized spacial score (nSPS) is 28.6. The molecule has 1 aromatic carbocycles. The van der Waals surface area contributed by atoms with Crippen molar-refractivity contribution in [3.63, 3.8) is 0 Å². The zero-order valence-corrected chi connectivity index (χ0v) is 16.1. The van der Waals surface area contributed by atoms with Crippen molar-refractivity contribution in [3.8, 4) is 5.75 Å². The van der Waals surface area contributed by atoms with Gasteiger partial charge in [0.15, 0.2) is 11.6 Å². The van der Waals surface area contributed by atoms with E-state index >= 15 is 0 Å². The number of methoxy groups -OCH3 is 1. The van der Waals surface area contributed by atoms with Gasteiger partial charge >= 0.3 is 0 Å². The molecule has 2 saturated carbocycles. The Labute approximate surface area is 156 Å². The van der Waals surface area contributed by atoms with Crippen molar-refractivity contribution < 1.29 is 18.3 Å². The van der Waals surface area contributed by atoms with Crippen LogP contribution in [0.15, 0.2) is 12.1 Å². The van der Waals surface area contributed by atoms with Crippen molar-refractivity contribution in [3.05, 3.63) is 29.3 Å². The van der Waals surface area contributed by atoms with Crippen LogP contribution in [0.1, 0.15) is 76.2 Å². The molecule has 0 spiro atoms. The predicted molar refractivity (Wildman–Crippen MR) is 99.6 cm³/mol. The van der Waals surface area contributed by atoms with Crippen molar-refractivity contribution in [1.29, 1.82) is 0 Å². The molecule has 0 amide bonds. The molecule has 0 saturated heterocycles. The Morgan fingerprint density at radius 1 is 0.962 bits per heavy atom. The van der Waals surface area contributed by atoms with E-state index in [0.29, 0.717) is 23.5 Å². The number of rotatable bonds is 7. The molecule has 2 aliphatic carbocycles. The van der Waals surface area contributed by atoms with Crippen LogP contribution in [0.4, 0.5) is 8.78 Å². The first kappa shape index (κ1) is 19.6. The highest BCUT2D eigenvalue weighted by molar-refractivity contribution is 5.33. The van der Waals surface area contributed by atoms with E-state index in [1.807, 2.05) is 0 Å². The van der Waals surface area contributed by atoms with Gasteiger partial charge in [-0.05, 0) is 74.3 Å². The average molecular weight is 366 g/mol. The van der Waals surface area contributed by atoms with E-state index in [1.165, 1.54) is 20.0 Å². The van der Waals surface area contributed by atoms with Gasteiger partial charge in [-0.1, -0.05) is 25.8 Å². The highest BCUT2D eigenvalue weighted by atomic mass is 19.2. The number of unbranched alkanes of at least 4 members (excludes halogenated alkanes) is 2. The van der Waals surface area contributed by atoms with Gasteiger partial charge < -0.3 is 9.47 Å². The molecule has 0 heterocycles. The van der Waals surface area contributed by atoms with Gasteiger partial charge in [-0.25, -0.2) is 4.39 Å². The van der Waals surface area contributed by atoms with Crippen LogP contribution in [-0.2, 0) is 4.74 Å². The highest BCUT2D eigenvalue weighted by Crippen LogP contribution is 2.47. The van der Waals surface area contributed by atoms with Crippen LogP contribution in [0, 0.1) is 23.5 Å². The number of hydrogen-bond acceptors (Lipinski definition) is 2. The van der Waals surface area contributed by atoms with Crippen molar-refractivity contribution in [2.24, 2.45) is 11.8 Å². The summed E-state index contributed by atoms with van der Waals surface area (Å²) in [6.45, 7) is 3.09. The molecule has 2 fully saturated rings. The highest BCUT2D eigenvalue weighted by Gasteiger charge is 2.37. The Hall–Kier alpha value is -1.16. The smallest absolute Gasteiger partial charge is 0.200 e. The molecular weight excluding hydrogens is 334 g/mol. The summed E-state index contributed by atoms with van der Waals surface area (Å²) in [5.41, 5.74) is 0.527. The summed E-state index contributed by atoms with van der Waals surface area (Å²) < 4.78 is 39.5.